The second-order valence-electron chi connectivity index (χ2n) is 5.17. The summed E-state index contributed by atoms with van der Waals surface area (Å²) in [5.41, 5.74) is 2.48. The molecule has 0 radical (unpaired) electrons. The summed E-state index contributed by atoms with van der Waals surface area (Å²) in [5.74, 6) is 0.578. The summed E-state index contributed by atoms with van der Waals surface area (Å²) in [6.07, 6.45) is 2.82. The van der Waals surface area contributed by atoms with Crippen LogP contribution in [0.1, 0.15) is 18.4 Å². The second kappa shape index (κ2) is 5.40. The molecule has 0 atom stereocenters. The lowest BCUT2D eigenvalue weighted by atomic mass is 10.2. The van der Waals surface area contributed by atoms with Gasteiger partial charge in [0.2, 0.25) is 0 Å². The number of piperazine rings is 1. The lowest BCUT2D eigenvalue weighted by Crippen LogP contribution is -2.47. The minimum atomic E-state index is 0.578. The predicted octanol–water partition coefficient (Wildman–Crippen LogP) is 3.47. The van der Waals surface area contributed by atoms with E-state index in [1.165, 1.54) is 41.7 Å². The number of hydrogen-bond donors (Lipinski definition) is 0. The number of rotatable bonds is 3. The first-order chi connectivity index (χ1) is 8.78. The molecule has 0 unspecified atom stereocenters. The molecule has 2 nitrogen and oxygen atoms in total. The molecule has 0 N–H and O–H groups in total. The number of alkyl halides is 1. The molecule has 0 spiro atoms. The van der Waals surface area contributed by atoms with Crippen LogP contribution in [0.25, 0.3) is 0 Å². The van der Waals surface area contributed by atoms with Crippen LogP contribution in [0, 0.1) is 0 Å². The Labute approximate surface area is 122 Å². The Hall–Kier alpha value is -0.250. The van der Waals surface area contributed by atoms with E-state index in [1.54, 1.807) is 0 Å². The molecular weight excluding hydrogens is 312 g/mol. The summed E-state index contributed by atoms with van der Waals surface area (Å²) in [5, 5.41) is 0. The Kier molecular flexibility index (Phi) is 3.83. The molecule has 1 heterocycles. The van der Waals surface area contributed by atoms with Gasteiger partial charge in [0.15, 0.2) is 0 Å². The van der Waals surface area contributed by atoms with Crippen molar-refractivity contribution in [1.29, 1.82) is 0 Å². The lowest BCUT2D eigenvalue weighted by Gasteiger charge is -2.36. The molecule has 98 valence electrons. The average molecular weight is 330 g/mol. The quantitative estimate of drug-likeness (QED) is 0.784. The molecule has 1 aliphatic heterocycles. The molecule has 18 heavy (non-hydrogen) atoms. The molecule has 1 saturated heterocycles. The highest BCUT2D eigenvalue weighted by Gasteiger charge is 2.31. The highest BCUT2D eigenvalue weighted by molar-refractivity contribution is 9.10. The molecule has 1 aromatic rings. The van der Waals surface area contributed by atoms with Crippen molar-refractivity contribution in [1.82, 2.24) is 4.90 Å². The Morgan fingerprint density at radius 3 is 2.44 bits per heavy atom. The molecule has 1 aliphatic carbocycles. The first kappa shape index (κ1) is 12.8. The highest BCUT2D eigenvalue weighted by atomic mass is 79.9. The SMILES string of the molecule is ClCc1ccc(N2CCN(C3CC3)CC2)c(Br)c1. The van der Waals surface area contributed by atoms with Crippen molar-refractivity contribution in [2.75, 3.05) is 31.1 Å². The minimum absolute atomic E-state index is 0.578. The van der Waals surface area contributed by atoms with E-state index in [9.17, 15) is 0 Å². The van der Waals surface area contributed by atoms with Crippen molar-refractivity contribution < 1.29 is 0 Å². The zero-order valence-corrected chi connectivity index (χ0v) is 12.8. The van der Waals surface area contributed by atoms with Crippen LogP contribution in [0.5, 0.6) is 0 Å². The average Bonchev–Trinajstić information content (AvgIpc) is 3.23. The van der Waals surface area contributed by atoms with Crippen LogP contribution in [-0.4, -0.2) is 37.1 Å². The van der Waals surface area contributed by atoms with Crippen molar-refractivity contribution >= 4 is 33.2 Å². The molecule has 1 saturated carbocycles. The predicted molar refractivity (Wildman–Crippen MR) is 80.5 cm³/mol. The fourth-order valence-corrected chi connectivity index (χ4v) is 3.50. The largest absolute Gasteiger partial charge is 0.368 e. The van der Waals surface area contributed by atoms with Gasteiger partial charge in [0.1, 0.15) is 0 Å². The summed E-state index contributed by atoms with van der Waals surface area (Å²) in [6, 6.07) is 7.35. The van der Waals surface area contributed by atoms with Crippen molar-refractivity contribution in [2.45, 2.75) is 24.8 Å². The summed E-state index contributed by atoms with van der Waals surface area (Å²) < 4.78 is 1.17. The normalized spacial score (nSPS) is 21.3. The van der Waals surface area contributed by atoms with E-state index in [2.05, 4.69) is 43.9 Å². The van der Waals surface area contributed by atoms with Gasteiger partial charge in [-0.25, -0.2) is 0 Å². The van der Waals surface area contributed by atoms with Crippen LogP contribution in [0.15, 0.2) is 22.7 Å². The van der Waals surface area contributed by atoms with E-state index >= 15 is 0 Å². The van der Waals surface area contributed by atoms with Gasteiger partial charge >= 0.3 is 0 Å². The fraction of sp³-hybridized carbons (Fsp3) is 0.571. The molecule has 1 aromatic carbocycles. The maximum atomic E-state index is 5.86. The number of hydrogen-bond acceptors (Lipinski definition) is 2. The standard InChI is InChI=1S/C14H18BrClN2/c15-13-9-11(10-16)1-4-14(13)18-7-5-17(6-8-18)12-2-3-12/h1,4,9,12H,2-3,5-8,10H2. The second-order valence-corrected chi connectivity index (χ2v) is 6.30. The molecule has 2 aliphatic rings. The van der Waals surface area contributed by atoms with E-state index in [0.717, 1.165) is 19.1 Å². The van der Waals surface area contributed by atoms with Crippen LogP contribution in [0.3, 0.4) is 0 Å². The zero-order chi connectivity index (χ0) is 12.5. The van der Waals surface area contributed by atoms with E-state index in [0.29, 0.717) is 5.88 Å². The Balaban J connectivity index is 1.68. The Morgan fingerprint density at radius 2 is 1.89 bits per heavy atom. The van der Waals surface area contributed by atoms with E-state index in [1.807, 2.05) is 0 Å². The first-order valence-electron chi connectivity index (χ1n) is 6.61. The van der Waals surface area contributed by atoms with Gasteiger partial charge in [0.25, 0.3) is 0 Å². The molecule has 0 aromatic heterocycles. The summed E-state index contributed by atoms with van der Waals surface area (Å²) >= 11 is 9.52. The third-order valence-corrected chi connectivity index (χ3v) is 4.83. The summed E-state index contributed by atoms with van der Waals surface area (Å²) in [7, 11) is 0. The summed E-state index contributed by atoms with van der Waals surface area (Å²) in [6.45, 7) is 4.67. The number of halogens is 2. The van der Waals surface area contributed by atoms with Crippen LogP contribution >= 0.6 is 27.5 Å². The van der Waals surface area contributed by atoms with Crippen LogP contribution in [0.4, 0.5) is 5.69 Å². The van der Waals surface area contributed by atoms with Gasteiger partial charge in [0.05, 0.1) is 5.69 Å². The zero-order valence-electron chi connectivity index (χ0n) is 10.4. The van der Waals surface area contributed by atoms with Crippen molar-refractivity contribution in [3.8, 4) is 0 Å². The summed E-state index contributed by atoms with van der Waals surface area (Å²) in [4.78, 5) is 5.11. The molecule has 0 bridgehead atoms. The van der Waals surface area contributed by atoms with Crippen molar-refractivity contribution in [2.24, 2.45) is 0 Å². The number of anilines is 1. The molecular formula is C14H18BrClN2. The van der Waals surface area contributed by atoms with Gasteiger partial charge in [-0.15, -0.1) is 11.6 Å². The number of nitrogens with zero attached hydrogens (tertiary/aromatic N) is 2. The fourth-order valence-electron chi connectivity index (χ4n) is 2.66. The van der Waals surface area contributed by atoms with Gasteiger partial charge in [-0.1, -0.05) is 6.07 Å². The van der Waals surface area contributed by atoms with Crippen LogP contribution in [0.2, 0.25) is 0 Å². The van der Waals surface area contributed by atoms with Crippen molar-refractivity contribution in [3.05, 3.63) is 28.2 Å². The van der Waals surface area contributed by atoms with E-state index in [-0.39, 0.29) is 0 Å². The van der Waals surface area contributed by atoms with Gasteiger partial charge in [0, 0.05) is 42.6 Å². The van der Waals surface area contributed by atoms with Gasteiger partial charge in [-0.05, 0) is 46.5 Å². The van der Waals surface area contributed by atoms with Crippen LogP contribution in [-0.2, 0) is 5.88 Å². The molecule has 2 fully saturated rings. The van der Waals surface area contributed by atoms with Crippen LogP contribution < -0.4 is 4.90 Å². The molecule has 0 amide bonds. The third kappa shape index (κ3) is 2.68. The van der Waals surface area contributed by atoms with E-state index < -0.39 is 0 Å². The topological polar surface area (TPSA) is 6.48 Å². The van der Waals surface area contributed by atoms with Gasteiger partial charge in [-0.2, -0.15) is 0 Å². The monoisotopic (exact) mass is 328 g/mol. The third-order valence-electron chi connectivity index (χ3n) is 3.88. The molecule has 4 heteroatoms. The first-order valence-corrected chi connectivity index (χ1v) is 7.94. The highest BCUT2D eigenvalue weighted by Crippen LogP contribution is 2.31. The Bertz CT molecular complexity index is 426. The van der Waals surface area contributed by atoms with Gasteiger partial charge in [-0.3, -0.25) is 4.90 Å². The number of benzene rings is 1. The molecule has 3 rings (SSSR count). The maximum Gasteiger partial charge on any atom is 0.0511 e. The van der Waals surface area contributed by atoms with E-state index in [4.69, 9.17) is 11.6 Å². The Morgan fingerprint density at radius 1 is 1.17 bits per heavy atom. The minimum Gasteiger partial charge on any atom is -0.368 e. The lowest BCUT2D eigenvalue weighted by molar-refractivity contribution is 0.248. The smallest absolute Gasteiger partial charge is 0.0511 e. The van der Waals surface area contributed by atoms with Gasteiger partial charge < -0.3 is 4.90 Å². The maximum absolute atomic E-state index is 5.86. The van der Waals surface area contributed by atoms with Crippen molar-refractivity contribution in [3.63, 3.8) is 0 Å².